The number of benzene rings is 1. The van der Waals surface area contributed by atoms with Gasteiger partial charge in [-0.05, 0) is 5.56 Å². The summed E-state index contributed by atoms with van der Waals surface area (Å²) in [7, 11) is 0. The fourth-order valence-electron chi connectivity index (χ4n) is 1.44. The van der Waals surface area contributed by atoms with Crippen LogP contribution in [-0.4, -0.2) is 26.6 Å². The van der Waals surface area contributed by atoms with Crippen molar-refractivity contribution in [1.82, 2.24) is 20.7 Å². The fourth-order valence-corrected chi connectivity index (χ4v) is 1.98. The molecule has 0 spiro atoms. The minimum atomic E-state index is -0.243. The van der Waals surface area contributed by atoms with Crippen molar-refractivity contribution >= 4 is 21.8 Å². The zero-order valence-electron chi connectivity index (χ0n) is 8.93. The first-order chi connectivity index (χ1) is 8.31. The lowest BCUT2D eigenvalue weighted by molar-refractivity contribution is 0.0935. The van der Waals surface area contributed by atoms with E-state index in [0.717, 1.165) is 5.56 Å². The van der Waals surface area contributed by atoms with Crippen LogP contribution in [0.2, 0.25) is 0 Å². The third-order valence-corrected chi connectivity index (χ3v) is 2.96. The average Bonchev–Trinajstić information content (AvgIpc) is 2.90. The summed E-state index contributed by atoms with van der Waals surface area (Å²) in [6.07, 6.45) is 1.39. The van der Waals surface area contributed by atoms with E-state index >= 15 is 0 Å². The number of H-pyrrole nitrogens is 1. The van der Waals surface area contributed by atoms with E-state index in [-0.39, 0.29) is 17.6 Å². The topological polar surface area (TPSA) is 70.7 Å². The Bertz CT molecular complexity index is 471. The largest absolute Gasteiger partial charge is 0.343 e. The molecule has 0 saturated carbocycles. The van der Waals surface area contributed by atoms with Crippen LogP contribution in [-0.2, 0) is 0 Å². The maximum Gasteiger partial charge on any atom is 0.273 e. The van der Waals surface area contributed by atoms with Crippen LogP contribution < -0.4 is 5.32 Å². The van der Waals surface area contributed by atoms with Crippen molar-refractivity contribution in [1.29, 1.82) is 0 Å². The molecular weight excluding hydrogens is 284 g/mol. The summed E-state index contributed by atoms with van der Waals surface area (Å²) in [4.78, 5) is 11.8. The molecule has 6 heteroatoms. The van der Waals surface area contributed by atoms with Crippen LogP contribution in [0.5, 0.6) is 0 Å². The van der Waals surface area contributed by atoms with Gasteiger partial charge in [-0.1, -0.05) is 46.3 Å². The van der Waals surface area contributed by atoms with Gasteiger partial charge in [0.1, 0.15) is 0 Å². The maximum atomic E-state index is 11.8. The summed E-state index contributed by atoms with van der Waals surface area (Å²) in [5, 5.41) is 13.3. The van der Waals surface area contributed by atoms with Gasteiger partial charge < -0.3 is 5.32 Å². The molecule has 5 nitrogen and oxygen atoms in total. The lowest BCUT2D eigenvalue weighted by atomic mass is 10.1. The van der Waals surface area contributed by atoms with Crippen LogP contribution in [0.1, 0.15) is 22.1 Å². The van der Waals surface area contributed by atoms with E-state index < -0.39 is 0 Å². The minimum Gasteiger partial charge on any atom is -0.343 e. The molecule has 1 aromatic heterocycles. The number of carbonyl (C=O) groups excluding carboxylic acids is 1. The average molecular weight is 295 g/mol. The Morgan fingerprint density at radius 2 is 2.18 bits per heavy atom. The Hall–Kier alpha value is -1.69. The molecule has 0 aliphatic rings. The zero-order valence-corrected chi connectivity index (χ0v) is 10.5. The number of alkyl halides is 1. The SMILES string of the molecule is O=C(NC(CBr)c1ccccc1)c1cn[nH]n1. The number of aromatic amines is 1. The van der Waals surface area contributed by atoms with Gasteiger partial charge in [-0.25, -0.2) is 0 Å². The van der Waals surface area contributed by atoms with Crippen LogP contribution in [0.4, 0.5) is 0 Å². The Balaban J connectivity index is 2.09. The summed E-state index contributed by atoms with van der Waals surface area (Å²) in [6, 6.07) is 9.67. The molecular formula is C11H11BrN4O. The molecule has 17 heavy (non-hydrogen) atoms. The normalized spacial score (nSPS) is 12.1. The number of amides is 1. The second kappa shape index (κ2) is 5.58. The van der Waals surface area contributed by atoms with Crippen molar-refractivity contribution < 1.29 is 4.79 Å². The Labute approximate surface area is 107 Å². The number of nitrogens with one attached hydrogen (secondary N) is 2. The number of hydrogen-bond donors (Lipinski definition) is 2. The van der Waals surface area contributed by atoms with E-state index in [9.17, 15) is 4.79 Å². The van der Waals surface area contributed by atoms with Gasteiger partial charge in [0, 0.05) is 5.33 Å². The second-order valence-corrected chi connectivity index (χ2v) is 4.09. The van der Waals surface area contributed by atoms with E-state index in [0.29, 0.717) is 5.33 Å². The molecule has 1 atom stereocenters. The van der Waals surface area contributed by atoms with Gasteiger partial charge in [-0.15, -0.1) is 0 Å². The molecule has 0 fully saturated rings. The molecule has 0 aliphatic carbocycles. The molecule has 2 rings (SSSR count). The van der Waals surface area contributed by atoms with E-state index in [4.69, 9.17) is 0 Å². The van der Waals surface area contributed by atoms with Gasteiger partial charge in [0.05, 0.1) is 12.2 Å². The zero-order chi connectivity index (χ0) is 12.1. The van der Waals surface area contributed by atoms with Gasteiger partial charge >= 0.3 is 0 Å². The van der Waals surface area contributed by atoms with Crippen molar-refractivity contribution in [2.75, 3.05) is 5.33 Å². The maximum absolute atomic E-state index is 11.8. The van der Waals surface area contributed by atoms with E-state index in [1.165, 1.54) is 6.20 Å². The third kappa shape index (κ3) is 2.91. The van der Waals surface area contributed by atoms with Gasteiger partial charge in [-0.3, -0.25) is 4.79 Å². The quantitative estimate of drug-likeness (QED) is 0.843. The smallest absolute Gasteiger partial charge is 0.273 e. The molecule has 0 aliphatic heterocycles. The summed E-state index contributed by atoms with van der Waals surface area (Å²) in [5.41, 5.74) is 1.33. The lowest BCUT2D eigenvalue weighted by Crippen LogP contribution is -2.29. The highest BCUT2D eigenvalue weighted by atomic mass is 79.9. The molecule has 1 aromatic carbocycles. The third-order valence-electron chi connectivity index (χ3n) is 2.31. The Morgan fingerprint density at radius 1 is 1.41 bits per heavy atom. The predicted octanol–water partition coefficient (Wildman–Crippen LogP) is 1.67. The molecule has 0 saturated heterocycles. The molecule has 1 heterocycles. The first-order valence-corrected chi connectivity index (χ1v) is 6.21. The number of rotatable bonds is 4. The molecule has 2 N–H and O–H groups in total. The van der Waals surface area contributed by atoms with Gasteiger partial charge in [0.2, 0.25) is 0 Å². The van der Waals surface area contributed by atoms with Gasteiger partial charge in [0.15, 0.2) is 5.69 Å². The molecule has 1 unspecified atom stereocenters. The van der Waals surface area contributed by atoms with Crippen LogP contribution in [0.3, 0.4) is 0 Å². The highest BCUT2D eigenvalue weighted by Crippen LogP contribution is 2.15. The van der Waals surface area contributed by atoms with Gasteiger partial charge in [0.25, 0.3) is 5.91 Å². The summed E-state index contributed by atoms with van der Waals surface area (Å²) in [6.45, 7) is 0. The fraction of sp³-hybridized carbons (Fsp3) is 0.182. The number of aromatic nitrogens is 3. The van der Waals surface area contributed by atoms with Crippen molar-refractivity contribution in [2.24, 2.45) is 0 Å². The molecule has 0 radical (unpaired) electrons. The van der Waals surface area contributed by atoms with Crippen molar-refractivity contribution in [3.63, 3.8) is 0 Å². The Morgan fingerprint density at radius 3 is 2.76 bits per heavy atom. The van der Waals surface area contributed by atoms with Crippen molar-refractivity contribution in [2.45, 2.75) is 6.04 Å². The van der Waals surface area contributed by atoms with E-state index in [1.54, 1.807) is 0 Å². The standard InChI is InChI=1S/C11H11BrN4O/c12-6-9(8-4-2-1-3-5-8)14-11(17)10-7-13-16-15-10/h1-5,7,9H,6H2,(H,14,17)(H,13,15,16). The van der Waals surface area contributed by atoms with Crippen LogP contribution >= 0.6 is 15.9 Å². The Kier molecular flexibility index (Phi) is 3.87. The summed E-state index contributed by atoms with van der Waals surface area (Å²) < 4.78 is 0. The first-order valence-electron chi connectivity index (χ1n) is 5.09. The number of carbonyl (C=O) groups is 1. The summed E-state index contributed by atoms with van der Waals surface area (Å²) in [5.74, 6) is -0.243. The van der Waals surface area contributed by atoms with Crippen LogP contribution in [0.25, 0.3) is 0 Å². The van der Waals surface area contributed by atoms with Crippen molar-refractivity contribution in [3.8, 4) is 0 Å². The molecule has 2 aromatic rings. The lowest BCUT2D eigenvalue weighted by Gasteiger charge is -2.15. The van der Waals surface area contributed by atoms with Crippen LogP contribution in [0, 0.1) is 0 Å². The molecule has 0 bridgehead atoms. The highest BCUT2D eigenvalue weighted by Gasteiger charge is 2.15. The number of hydrogen-bond acceptors (Lipinski definition) is 3. The minimum absolute atomic E-state index is 0.0830. The molecule has 1 amide bonds. The monoisotopic (exact) mass is 294 g/mol. The first kappa shape index (κ1) is 11.8. The second-order valence-electron chi connectivity index (χ2n) is 3.45. The van der Waals surface area contributed by atoms with E-state index in [1.807, 2.05) is 30.3 Å². The molecule has 88 valence electrons. The van der Waals surface area contributed by atoms with Gasteiger partial charge in [-0.2, -0.15) is 15.4 Å². The predicted molar refractivity (Wildman–Crippen MR) is 66.8 cm³/mol. The number of nitrogens with zero attached hydrogens (tertiary/aromatic N) is 2. The van der Waals surface area contributed by atoms with Crippen LogP contribution in [0.15, 0.2) is 36.5 Å². The van der Waals surface area contributed by atoms with E-state index in [2.05, 4.69) is 36.7 Å². The van der Waals surface area contributed by atoms with Crippen molar-refractivity contribution in [3.05, 3.63) is 47.8 Å². The highest BCUT2D eigenvalue weighted by molar-refractivity contribution is 9.09. The number of halogens is 1. The summed E-state index contributed by atoms with van der Waals surface area (Å²) >= 11 is 3.39.